The number of hydrogen-bond acceptors (Lipinski definition) is 5. The summed E-state index contributed by atoms with van der Waals surface area (Å²) in [5.74, 6) is 1.57. The molecule has 108 valence electrons. The highest BCUT2D eigenvalue weighted by molar-refractivity contribution is 5.66. The first kappa shape index (κ1) is 15.5. The number of rotatable bonds is 6. The molecule has 1 N–H and O–H groups in total. The van der Waals surface area contributed by atoms with E-state index in [1.807, 2.05) is 13.8 Å². The second kappa shape index (κ2) is 7.13. The summed E-state index contributed by atoms with van der Waals surface area (Å²) in [7, 11) is 1.36. The average Bonchev–Trinajstić information content (AvgIpc) is 2.72. The quantitative estimate of drug-likeness (QED) is 0.856. The fraction of sp³-hybridized carbons (Fsp3) is 0.692. The van der Waals surface area contributed by atoms with E-state index in [2.05, 4.69) is 33.8 Å². The maximum atomic E-state index is 11.0. The number of alkyl carbamates (subject to hydrolysis) is 1. The van der Waals surface area contributed by atoms with Crippen molar-refractivity contribution in [3.63, 3.8) is 0 Å². The maximum Gasteiger partial charge on any atom is 0.406 e. The Balaban J connectivity index is 2.59. The standard InChI is InChI=1S/C13H23N3O3/c1-6-16(8-7-14-13(17)18-5)10(3)12-9(2)15-11(4)19-12/h10H,6-8H2,1-5H3,(H,14,17). The van der Waals surface area contributed by atoms with Crippen molar-refractivity contribution in [2.45, 2.75) is 33.7 Å². The van der Waals surface area contributed by atoms with Crippen molar-refractivity contribution >= 4 is 6.09 Å². The van der Waals surface area contributed by atoms with Gasteiger partial charge in [0.25, 0.3) is 0 Å². The molecule has 0 aromatic carbocycles. The van der Waals surface area contributed by atoms with Crippen molar-refractivity contribution in [3.8, 4) is 0 Å². The van der Waals surface area contributed by atoms with E-state index < -0.39 is 6.09 Å². The summed E-state index contributed by atoms with van der Waals surface area (Å²) in [6, 6.07) is 0.130. The lowest BCUT2D eigenvalue weighted by Gasteiger charge is -2.26. The number of carbonyl (C=O) groups excluding carboxylic acids is 1. The van der Waals surface area contributed by atoms with E-state index in [1.54, 1.807) is 0 Å². The fourth-order valence-corrected chi connectivity index (χ4v) is 2.10. The van der Waals surface area contributed by atoms with Crippen LogP contribution in [0, 0.1) is 13.8 Å². The molecule has 0 fully saturated rings. The Kier molecular flexibility index (Phi) is 5.82. The molecule has 0 aliphatic heterocycles. The molecule has 0 radical (unpaired) electrons. The molecule has 1 heterocycles. The lowest BCUT2D eigenvalue weighted by molar-refractivity contribution is 0.163. The Bertz CT molecular complexity index is 417. The van der Waals surface area contributed by atoms with Crippen LogP contribution in [0.3, 0.4) is 0 Å². The smallest absolute Gasteiger partial charge is 0.406 e. The van der Waals surface area contributed by atoms with E-state index in [-0.39, 0.29) is 6.04 Å². The summed E-state index contributed by atoms with van der Waals surface area (Å²) in [4.78, 5) is 17.5. The van der Waals surface area contributed by atoms with Crippen molar-refractivity contribution in [2.24, 2.45) is 0 Å². The number of amides is 1. The Hall–Kier alpha value is -1.56. The molecule has 1 amide bonds. The SMILES string of the molecule is CCN(CCNC(=O)OC)C(C)c1oc(C)nc1C. The molecule has 0 saturated heterocycles. The number of hydrogen-bond donors (Lipinski definition) is 1. The van der Waals surface area contributed by atoms with E-state index in [9.17, 15) is 4.79 Å². The number of ether oxygens (including phenoxy) is 1. The van der Waals surface area contributed by atoms with E-state index >= 15 is 0 Å². The molecule has 1 unspecified atom stereocenters. The van der Waals surface area contributed by atoms with E-state index in [4.69, 9.17) is 4.42 Å². The molecule has 1 aromatic rings. The van der Waals surface area contributed by atoms with Gasteiger partial charge in [-0.05, 0) is 20.4 Å². The summed E-state index contributed by atoms with van der Waals surface area (Å²) >= 11 is 0. The molecule has 0 saturated carbocycles. The Morgan fingerprint density at radius 3 is 2.68 bits per heavy atom. The molecule has 6 nitrogen and oxygen atoms in total. The highest BCUT2D eigenvalue weighted by Crippen LogP contribution is 2.23. The van der Waals surface area contributed by atoms with E-state index in [0.29, 0.717) is 12.4 Å². The van der Waals surface area contributed by atoms with E-state index in [0.717, 1.165) is 24.5 Å². The van der Waals surface area contributed by atoms with Crippen molar-refractivity contribution < 1.29 is 13.9 Å². The molecule has 1 atom stereocenters. The van der Waals surface area contributed by atoms with Crippen LogP contribution in [0.1, 0.15) is 37.2 Å². The predicted molar refractivity (Wildman–Crippen MR) is 72.0 cm³/mol. The van der Waals surface area contributed by atoms with Crippen molar-refractivity contribution in [3.05, 3.63) is 17.3 Å². The summed E-state index contributed by atoms with van der Waals surface area (Å²) in [5, 5.41) is 2.67. The van der Waals surface area contributed by atoms with Gasteiger partial charge in [0.2, 0.25) is 0 Å². The first-order chi connectivity index (χ1) is 8.99. The molecule has 1 aromatic heterocycles. The first-order valence-electron chi connectivity index (χ1n) is 6.49. The number of nitrogens with zero attached hydrogens (tertiary/aromatic N) is 2. The van der Waals surface area contributed by atoms with Crippen LogP contribution in [0.25, 0.3) is 0 Å². The number of methoxy groups -OCH3 is 1. The van der Waals surface area contributed by atoms with Gasteiger partial charge in [0.15, 0.2) is 5.89 Å². The zero-order valence-corrected chi connectivity index (χ0v) is 12.3. The summed E-state index contributed by atoms with van der Waals surface area (Å²) < 4.78 is 10.2. The van der Waals surface area contributed by atoms with Crippen LogP contribution in [-0.2, 0) is 4.74 Å². The number of oxazole rings is 1. The Morgan fingerprint density at radius 2 is 2.21 bits per heavy atom. The van der Waals surface area contributed by atoms with Gasteiger partial charge in [-0.15, -0.1) is 0 Å². The highest BCUT2D eigenvalue weighted by atomic mass is 16.5. The Morgan fingerprint density at radius 1 is 1.53 bits per heavy atom. The molecule has 19 heavy (non-hydrogen) atoms. The first-order valence-corrected chi connectivity index (χ1v) is 6.49. The second-order valence-corrected chi connectivity index (χ2v) is 4.41. The largest absolute Gasteiger partial charge is 0.453 e. The van der Waals surface area contributed by atoms with Crippen molar-refractivity contribution in [2.75, 3.05) is 26.7 Å². The average molecular weight is 269 g/mol. The third-order valence-corrected chi connectivity index (χ3v) is 3.13. The van der Waals surface area contributed by atoms with Gasteiger partial charge < -0.3 is 14.5 Å². The van der Waals surface area contributed by atoms with Gasteiger partial charge in [-0.2, -0.15) is 0 Å². The normalized spacial score (nSPS) is 12.5. The van der Waals surface area contributed by atoms with Crippen molar-refractivity contribution in [1.29, 1.82) is 0 Å². The summed E-state index contributed by atoms with van der Waals surface area (Å²) in [5.41, 5.74) is 0.921. The van der Waals surface area contributed by atoms with Gasteiger partial charge in [0.05, 0.1) is 18.8 Å². The van der Waals surface area contributed by atoms with Crippen LogP contribution >= 0.6 is 0 Å². The van der Waals surface area contributed by atoms with Gasteiger partial charge in [0, 0.05) is 20.0 Å². The number of nitrogens with one attached hydrogen (secondary N) is 1. The molecular weight excluding hydrogens is 246 g/mol. The number of aryl methyl sites for hydroxylation is 2. The lowest BCUT2D eigenvalue weighted by atomic mass is 10.2. The van der Waals surface area contributed by atoms with Crippen LogP contribution in [0.15, 0.2) is 4.42 Å². The van der Waals surface area contributed by atoms with Gasteiger partial charge in [-0.3, -0.25) is 4.90 Å². The van der Waals surface area contributed by atoms with Gasteiger partial charge in [-0.1, -0.05) is 6.92 Å². The molecule has 0 bridgehead atoms. The minimum Gasteiger partial charge on any atom is -0.453 e. The zero-order valence-electron chi connectivity index (χ0n) is 12.3. The molecule has 1 rings (SSSR count). The minimum absolute atomic E-state index is 0.130. The third-order valence-electron chi connectivity index (χ3n) is 3.13. The summed E-state index contributed by atoms with van der Waals surface area (Å²) in [6.45, 7) is 10.1. The third kappa shape index (κ3) is 4.24. The van der Waals surface area contributed by atoms with Gasteiger partial charge in [-0.25, -0.2) is 9.78 Å². The molecule has 0 spiro atoms. The second-order valence-electron chi connectivity index (χ2n) is 4.41. The number of carbonyl (C=O) groups is 1. The van der Waals surface area contributed by atoms with Crippen LogP contribution in [0.2, 0.25) is 0 Å². The molecule has 6 heteroatoms. The predicted octanol–water partition coefficient (Wildman–Crippen LogP) is 2.03. The van der Waals surface area contributed by atoms with Gasteiger partial charge in [0.1, 0.15) is 5.76 Å². The van der Waals surface area contributed by atoms with Crippen LogP contribution < -0.4 is 5.32 Å². The maximum absolute atomic E-state index is 11.0. The minimum atomic E-state index is -0.407. The fourth-order valence-electron chi connectivity index (χ4n) is 2.10. The monoisotopic (exact) mass is 269 g/mol. The topological polar surface area (TPSA) is 67.6 Å². The van der Waals surface area contributed by atoms with E-state index in [1.165, 1.54) is 7.11 Å². The highest BCUT2D eigenvalue weighted by Gasteiger charge is 2.20. The number of aromatic nitrogens is 1. The van der Waals surface area contributed by atoms with Crippen LogP contribution in [0.4, 0.5) is 4.79 Å². The van der Waals surface area contributed by atoms with Crippen LogP contribution in [-0.4, -0.2) is 42.7 Å². The molecule has 0 aliphatic carbocycles. The Labute approximate surface area is 114 Å². The van der Waals surface area contributed by atoms with Crippen LogP contribution in [0.5, 0.6) is 0 Å². The zero-order chi connectivity index (χ0) is 14.4. The van der Waals surface area contributed by atoms with Gasteiger partial charge >= 0.3 is 6.09 Å². The molecular formula is C13H23N3O3. The lowest BCUT2D eigenvalue weighted by Crippen LogP contribution is -2.36. The van der Waals surface area contributed by atoms with Crippen molar-refractivity contribution in [1.82, 2.24) is 15.2 Å². The molecule has 0 aliphatic rings. The number of likely N-dealkylation sites (N-methyl/N-ethyl adjacent to an activating group) is 1. The summed E-state index contributed by atoms with van der Waals surface area (Å²) in [6.07, 6.45) is -0.407.